The molecule has 1 heterocycles. The molecule has 1 nitrogen and oxygen atoms in total. The molecular weight excluding hydrogens is 281 g/mol. The van der Waals surface area contributed by atoms with Gasteiger partial charge >= 0.3 is 0 Å². The van der Waals surface area contributed by atoms with Crippen molar-refractivity contribution in [3.05, 3.63) is 29.6 Å². The van der Waals surface area contributed by atoms with Gasteiger partial charge in [-0.05, 0) is 30.4 Å². The van der Waals surface area contributed by atoms with E-state index in [2.05, 4.69) is 27.8 Å². The van der Waals surface area contributed by atoms with E-state index in [1.165, 1.54) is 19.3 Å². The zero-order valence-electron chi connectivity index (χ0n) is 10.3. The Morgan fingerprint density at radius 1 is 1.47 bits per heavy atom. The zero-order valence-corrected chi connectivity index (χ0v) is 11.8. The Kier molecular flexibility index (Phi) is 4.43. The minimum Gasteiger partial charge on any atom is -0.369 e. The Morgan fingerprint density at radius 2 is 2.29 bits per heavy atom. The molecule has 3 heteroatoms. The molecule has 0 aromatic heterocycles. The standard InChI is InChI=1S/C14H19BrFN/c1-2-4-11-7-8-17(10-11)14-12(9-15)5-3-6-13(14)16/h3,5-6,11H,2,4,7-10H2,1H3. The van der Waals surface area contributed by atoms with Crippen LogP contribution in [0, 0.1) is 11.7 Å². The van der Waals surface area contributed by atoms with Crippen molar-refractivity contribution in [2.45, 2.75) is 31.5 Å². The number of hydrogen-bond donors (Lipinski definition) is 0. The molecule has 2 rings (SSSR count). The second-order valence-electron chi connectivity index (χ2n) is 4.77. The van der Waals surface area contributed by atoms with Gasteiger partial charge in [0.2, 0.25) is 0 Å². The molecule has 1 aliphatic rings. The first-order valence-electron chi connectivity index (χ1n) is 6.34. The van der Waals surface area contributed by atoms with Crippen molar-refractivity contribution >= 4 is 21.6 Å². The number of halogens is 2. The van der Waals surface area contributed by atoms with Gasteiger partial charge in [0.1, 0.15) is 5.82 Å². The molecular formula is C14H19BrFN. The normalized spacial score (nSPS) is 19.9. The number of para-hydroxylation sites is 1. The van der Waals surface area contributed by atoms with Crippen molar-refractivity contribution in [3.8, 4) is 0 Å². The third-order valence-corrected chi connectivity index (χ3v) is 4.12. The third-order valence-electron chi connectivity index (χ3n) is 3.51. The quantitative estimate of drug-likeness (QED) is 0.747. The summed E-state index contributed by atoms with van der Waals surface area (Å²) in [7, 11) is 0. The number of rotatable bonds is 4. The van der Waals surface area contributed by atoms with E-state index >= 15 is 0 Å². The van der Waals surface area contributed by atoms with Crippen LogP contribution in [0.1, 0.15) is 31.7 Å². The summed E-state index contributed by atoms with van der Waals surface area (Å²) in [4.78, 5) is 2.21. The predicted octanol–water partition coefficient (Wildman–Crippen LogP) is 4.35. The van der Waals surface area contributed by atoms with Crippen molar-refractivity contribution < 1.29 is 4.39 Å². The molecule has 1 fully saturated rings. The van der Waals surface area contributed by atoms with Crippen LogP contribution in [0.2, 0.25) is 0 Å². The molecule has 0 N–H and O–H groups in total. The van der Waals surface area contributed by atoms with Gasteiger partial charge in [0, 0.05) is 18.4 Å². The SMILES string of the molecule is CCCC1CCN(c2c(F)cccc2CBr)C1. The van der Waals surface area contributed by atoms with Gasteiger partial charge in [-0.15, -0.1) is 0 Å². The zero-order chi connectivity index (χ0) is 12.3. The highest BCUT2D eigenvalue weighted by molar-refractivity contribution is 9.08. The van der Waals surface area contributed by atoms with E-state index in [1.807, 2.05) is 6.07 Å². The summed E-state index contributed by atoms with van der Waals surface area (Å²) in [5.74, 6) is 0.655. The van der Waals surface area contributed by atoms with E-state index in [9.17, 15) is 4.39 Å². The van der Waals surface area contributed by atoms with Gasteiger partial charge in [0.25, 0.3) is 0 Å². The number of hydrogen-bond acceptors (Lipinski definition) is 1. The summed E-state index contributed by atoms with van der Waals surface area (Å²) in [6.45, 7) is 4.22. The summed E-state index contributed by atoms with van der Waals surface area (Å²) in [6.07, 6.45) is 3.68. The molecule has 1 unspecified atom stereocenters. The largest absolute Gasteiger partial charge is 0.369 e. The highest BCUT2D eigenvalue weighted by Crippen LogP contribution is 2.32. The lowest BCUT2D eigenvalue weighted by atomic mass is 10.0. The van der Waals surface area contributed by atoms with E-state index in [0.717, 1.165) is 35.6 Å². The Balaban J connectivity index is 2.18. The van der Waals surface area contributed by atoms with Crippen LogP contribution in [-0.4, -0.2) is 13.1 Å². The van der Waals surface area contributed by atoms with Gasteiger partial charge in [-0.1, -0.05) is 41.4 Å². The lowest BCUT2D eigenvalue weighted by molar-refractivity contribution is 0.528. The Morgan fingerprint density at radius 3 is 3.00 bits per heavy atom. The summed E-state index contributed by atoms with van der Waals surface area (Å²) in [5, 5.41) is 0.717. The molecule has 0 aliphatic carbocycles. The second kappa shape index (κ2) is 5.85. The maximum absolute atomic E-state index is 13.9. The first-order valence-corrected chi connectivity index (χ1v) is 7.46. The molecule has 1 aromatic carbocycles. The molecule has 17 heavy (non-hydrogen) atoms. The maximum atomic E-state index is 13.9. The summed E-state index contributed by atoms with van der Waals surface area (Å²) >= 11 is 3.44. The van der Waals surface area contributed by atoms with Crippen LogP contribution >= 0.6 is 15.9 Å². The fraction of sp³-hybridized carbons (Fsp3) is 0.571. The number of benzene rings is 1. The van der Waals surface area contributed by atoms with Crippen LogP contribution in [0.5, 0.6) is 0 Å². The average molecular weight is 300 g/mol. The van der Waals surface area contributed by atoms with Crippen LogP contribution in [0.4, 0.5) is 10.1 Å². The van der Waals surface area contributed by atoms with Crippen molar-refractivity contribution in [1.82, 2.24) is 0 Å². The molecule has 1 aromatic rings. The van der Waals surface area contributed by atoms with E-state index in [1.54, 1.807) is 12.1 Å². The van der Waals surface area contributed by atoms with Crippen molar-refractivity contribution in [3.63, 3.8) is 0 Å². The van der Waals surface area contributed by atoms with Crippen molar-refractivity contribution in [2.24, 2.45) is 5.92 Å². The van der Waals surface area contributed by atoms with E-state index < -0.39 is 0 Å². The first-order chi connectivity index (χ1) is 8.26. The molecule has 0 radical (unpaired) electrons. The van der Waals surface area contributed by atoms with Crippen LogP contribution in [0.15, 0.2) is 18.2 Å². The van der Waals surface area contributed by atoms with Crippen LogP contribution in [0.3, 0.4) is 0 Å². The number of nitrogens with zero attached hydrogens (tertiary/aromatic N) is 1. The van der Waals surface area contributed by atoms with Gasteiger partial charge in [0.05, 0.1) is 5.69 Å². The van der Waals surface area contributed by atoms with Gasteiger partial charge in [-0.25, -0.2) is 4.39 Å². The molecule has 0 spiro atoms. The lowest BCUT2D eigenvalue weighted by Crippen LogP contribution is -2.22. The number of anilines is 1. The summed E-state index contributed by atoms with van der Waals surface area (Å²) < 4.78 is 13.9. The minimum atomic E-state index is -0.0842. The van der Waals surface area contributed by atoms with Gasteiger partial charge in [-0.2, -0.15) is 0 Å². The highest BCUT2D eigenvalue weighted by atomic mass is 79.9. The monoisotopic (exact) mass is 299 g/mol. The predicted molar refractivity (Wildman–Crippen MR) is 74.3 cm³/mol. The molecule has 0 bridgehead atoms. The van der Waals surface area contributed by atoms with E-state index in [4.69, 9.17) is 0 Å². The maximum Gasteiger partial charge on any atom is 0.146 e. The topological polar surface area (TPSA) is 3.24 Å². The molecule has 0 amide bonds. The van der Waals surface area contributed by atoms with Gasteiger partial charge in [0.15, 0.2) is 0 Å². The summed E-state index contributed by atoms with van der Waals surface area (Å²) in [5.41, 5.74) is 1.87. The van der Waals surface area contributed by atoms with Crippen LogP contribution < -0.4 is 4.90 Å². The molecule has 94 valence electrons. The first kappa shape index (κ1) is 12.9. The average Bonchev–Trinajstić information content (AvgIpc) is 2.77. The third kappa shape index (κ3) is 2.82. The highest BCUT2D eigenvalue weighted by Gasteiger charge is 2.25. The Bertz CT molecular complexity index is 380. The van der Waals surface area contributed by atoms with Crippen LogP contribution in [-0.2, 0) is 5.33 Å². The molecule has 1 saturated heterocycles. The lowest BCUT2D eigenvalue weighted by Gasteiger charge is -2.22. The molecule has 0 saturated carbocycles. The smallest absolute Gasteiger partial charge is 0.146 e. The van der Waals surface area contributed by atoms with Gasteiger partial charge < -0.3 is 4.90 Å². The van der Waals surface area contributed by atoms with Crippen molar-refractivity contribution in [2.75, 3.05) is 18.0 Å². The van der Waals surface area contributed by atoms with Crippen LogP contribution in [0.25, 0.3) is 0 Å². The Labute approximate surface area is 111 Å². The number of alkyl halides is 1. The molecule has 1 aliphatic heterocycles. The summed E-state index contributed by atoms with van der Waals surface area (Å²) in [6, 6.07) is 5.35. The van der Waals surface area contributed by atoms with Crippen molar-refractivity contribution in [1.29, 1.82) is 0 Å². The Hall–Kier alpha value is -0.570. The van der Waals surface area contributed by atoms with E-state index in [-0.39, 0.29) is 5.82 Å². The van der Waals surface area contributed by atoms with Gasteiger partial charge in [-0.3, -0.25) is 0 Å². The molecule has 1 atom stereocenters. The second-order valence-corrected chi connectivity index (χ2v) is 5.33. The van der Waals surface area contributed by atoms with E-state index in [0.29, 0.717) is 0 Å². The fourth-order valence-electron chi connectivity index (χ4n) is 2.70. The fourth-order valence-corrected chi connectivity index (χ4v) is 3.15. The minimum absolute atomic E-state index is 0.0842.